The highest BCUT2D eigenvalue weighted by Gasteiger charge is 2.27. The number of methoxy groups -OCH3 is 1. The van der Waals surface area contributed by atoms with Crippen LogP contribution in [0.25, 0.3) is 10.2 Å². The van der Waals surface area contributed by atoms with Gasteiger partial charge in [-0.25, -0.2) is 14.8 Å². The molecule has 0 spiro atoms. The third-order valence-corrected chi connectivity index (χ3v) is 7.80. The minimum absolute atomic E-state index is 0.239. The Balaban J connectivity index is 1.93. The van der Waals surface area contributed by atoms with Crippen LogP contribution in [-0.2, 0) is 15.5 Å². The van der Waals surface area contributed by atoms with E-state index in [1.165, 1.54) is 18.4 Å². The number of rotatable bonds is 5. The fourth-order valence-corrected chi connectivity index (χ4v) is 6.07. The minimum Gasteiger partial charge on any atom is -0.465 e. The Hall–Kier alpha value is -1.54. The van der Waals surface area contributed by atoms with Gasteiger partial charge in [-0.1, -0.05) is 13.3 Å². The van der Waals surface area contributed by atoms with Gasteiger partial charge in [0.1, 0.15) is 21.3 Å². The molecule has 1 saturated carbocycles. The topological polar surface area (TPSA) is 81.2 Å². The van der Waals surface area contributed by atoms with Crippen molar-refractivity contribution in [1.82, 2.24) is 9.97 Å². The number of hydrogen-bond donors (Lipinski definition) is 1. The normalized spacial score (nSPS) is 21.5. The first-order chi connectivity index (χ1) is 12.4. The number of aromatic nitrogens is 2. The number of carbonyl (C=O) groups is 1. The average Bonchev–Trinajstić information content (AvgIpc) is 2.97. The molecule has 3 rings (SSSR count). The Labute approximate surface area is 160 Å². The zero-order valence-electron chi connectivity index (χ0n) is 15.6. The van der Waals surface area contributed by atoms with E-state index in [4.69, 9.17) is 4.74 Å². The molecule has 2 aromatic heterocycles. The summed E-state index contributed by atoms with van der Waals surface area (Å²) >= 11 is 1.34. The summed E-state index contributed by atoms with van der Waals surface area (Å²) in [6, 6.07) is 0.239. The summed E-state index contributed by atoms with van der Waals surface area (Å²) in [6.07, 6.45) is 4.02. The molecule has 0 aromatic carbocycles. The molecule has 3 unspecified atom stereocenters. The van der Waals surface area contributed by atoms with Gasteiger partial charge in [0.2, 0.25) is 0 Å². The van der Waals surface area contributed by atoms with Crippen LogP contribution in [0.2, 0.25) is 0 Å². The van der Waals surface area contributed by atoms with Gasteiger partial charge >= 0.3 is 5.97 Å². The zero-order chi connectivity index (χ0) is 18.8. The van der Waals surface area contributed by atoms with Gasteiger partial charge in [-0.3, -0.25) is 4.21 Å². The maximum Gasteiger partial charge on any atom is 0.348 e. The molecule has 1 aliphatic carbocycles. The molecule has 0 radical (unpaired) electrons. The fourth-order valence-electron chi connectivity index (χ4n) is 3.58. The van der Waals surface area contributed by atoms with E-state index in [0.717, 1.165) is 47.3 Å². The number of fused-ring (bicyclic) bond motifs is 1. The van der Waals surface area contributed by atoms with Crippen molar-refractivity contribution in [2.45, 2.75) is 57.7 Å². The number of thiophene rings is 1. The quantitative estimate of drug-likeness (QED) is 0.779. The van der Waals surface area contributed by atoms with E-state index in [1.807, 2.05) is 20.8 Å². The Kier molecular flexibility index (Phi) is 5.92. The molecular formula is C18H25N3O3S2. The first-order valence-electron chi connectivity index (χ1n) is 8.94. The Morgan fingerprint density at radius 2 is 2.12 bits per heavy atom. The Bertz CT molecular complexity index is 850. The lowest BCUT2D eigenvalue weighted by molar-refractivity contribution is 0.0605. The molecule has 142 valence electrons. The van der Waals surface area contributed by atoms with E-state index in [-0.39, 0.29) is 17.3 Å². The highest BCUT2D eigenvalue weighted by atomic mass is 32.2. The second-order valence-electron chi connectivity index (χ2n) is 6.65. The third kappa shape index (κ3) is 3.76. The highest BCUT2D eigenvalue weighted by Crippen LogP contribution is 2.35. The van der Waals surface area contributed by atoms with Gasteiger partial charge in [0.15, 0.2) is 0 Å². The smallest absolute Gasteiger partial charge is 0.348 e. The van der Waals surface area contributed by atoms with Gasteiger partial charge in [0.05, 0.1) is 12.5 Å². The van der Waals surface area contributed by atoms with Crippen LogP contribution in [0.3, 0.4) is 0 Å². The lowest BCUT2D eigenvalue weighted by Gasteiger charge is -2.29. The lowest BCUT2D eigenvalue weighted by atomic mass is 9.95. The van der Waals surface area contributed by atoms with Crippen molar-refractivity contribution in [2.75, 3.05) is 18.2 Å². The van der Waals surface area contributed by atoms with Crippen molar-refractivity contribution in [2.24, 2.45) is 0 Å². The minimum atomic E-state index is -0.763. The van der Waals surface area contributed by atoms with Crippen LogP contribution >= 0.6 is 11.3 Å². The highest BCUT2D eigenvalue weighted by molar-refractivity contribution is 7.85. The lowest BCUT2D eigenvalue weighted by Crippen LogP contribution is -2.33. The van der Waals surface area contributed by atoms with Crippen LogP contribution in [-0.4, -0.2) is 44.3 Å². The van der Waals surface area contributed by atoms with Crippen LogP contribution in [0, 0.1) is 13.8 Å². The van der Waals surface area contributed by atoms with Crippen molar-refractivity contribution < 1.29 is 13.7 Å². The zero-order valence-corrected chi connectivity index (χ0v) is 17.3. The first kappa shape index (κ1) is 19.2. The average molecular weight is 396 g/mol. The maximum absolute atomic E-state index is 12.2. The van der Waals surface area contributed by atoms with Gasteiger partial charge in [0, 0.05) is 27.8 Å². The number of hydrogen-bond acceptors (Lipinski definition) is 7. The number of nitrogens with zero attached hydrogens (tertiary/aromatic N) is 2. The number of anilines is 1. The Morgan fingerprint density at radius 1 is 1.35 bits per heavy atom. The number of aryl methyl sites for hydroxylation is 2. The first-order valence-corrected chi connectivity index (χ1v) is 11.1. The summed E-state index contributed by atoms with van der Waals surface area (Å²) < 4.78 is 17.1. The second kappa shape index (κ2) is 8.00. The van der Waals surface area contributed by atoms with Crippen LogP contribution in [0.5, 0.6) is 0 Å². The molecule has 1 N–H and O–H groups in total. The van der Waals surface area contributed by atoms with Crippen molar-refractivity contribution in [3.05, 3.63) is 16.3 Å². The summed E-state index contributed by atoms with van der Waals surface area (Å²) in [7, 11) is 0.624. The molecule has 8 heteroatoms. The summed E-state index contributed by atoms with van der Waals surface area (Å²) in [5.74, 6) is 1.80. The van der Waals surface area contributed by atoms with E-state index in [9.17, 15) is 9.00 Å². The molecule has 3 atom stereocenters. The fraction of sp³-hybridized carbons (Fsp3) is 0.611. The molecule has 2 heterocycles. The monoisotopic (exact) mass is 395 g/mol. The molecule has 0 amide bonds. The van der Waals surface area contributed by atoms with Gasteiger partial charge in [-0.15, -0.1) is 11.3 Å². The molecule has 2 aromatic rings. The molecule has 0 aliphatic heterocycles. The molecule has 6 nitrogen and oxygen atoms in total. The molecule has 26 heavy (non-hydrogen) atoms. The predicted molar refractivity (Wildman–Crippen MR) is 107 cm³/mol. The van der Waals surface area contributed by atoms with Gasteiger partial charge < -0.3 is 10.1 Å². The summed E-state index contributed by atoms with van der Waals surface area (Å²) in [6.45, 7) is 5.74. The number of nitrogens with one attached hydrogen (secondary N) is 1. The van der Waals surface area contributed by atoms with Crippen molar-refractivity contribution in [1.29, 1.82) is 0 Å². The standard InChI is InChI=1S/C18H25N3O3S2/c1-5-26(23)13-8-6-7-12(9-13)21-16-14-10(2)15(18(22)24-4)25-17(14)20-11(3)19-16/h12-13H,5-9H2,1-4H3,(H,19,20,21). The van der Waals surface area contributed by atoms with E-state index in [2.05, 4.69) is 15.3 Å². The molecule has 0 bridgehead atoms. The number of esters is 1. The van der Waals surface area contributed by atoms with Gasteiger partial charge in [-0.2, -0.15) is 0 Å². The number of ether oxygens (including phenoxy) is 1. The SMILES string of the molecule is CCS(=O)C1CCCC(Nc2nc(C)nc3sc(C(=O)OC)c(C)c23)C1. The Morgan fingerprint density at radius 3 is 2.81 bits per heavy atom. The molecule has 1 fully saturated rings. The molecular weight excluding hydrogens is 370 g/mol. The number of carbonyl (C=O) groups excluding carboxylic acids is 1. The van der Waals surface area contributed by atoms with Crippen molar-refractivity contribution in [3.63, 3.8) is 0 Å². The van der Waals surface area contributed by atoms with E-state index in [1.54, 1.807) is 0 Å². The summed E-state index contributed by atoms with van der Waals surface area (Å²) in [4.78, 5) is 22.5. The van der Waals surface area contributed by atoms with Crippen molar-refractivity contribution in [3.8, 4) is 0 Å². The van der Waals surface area contributed by atoms with E-state index < -0.39 is 10.8 Å². The van der Waals surface area contributed by atoms with Gasteiger partial charge in [-0.05, 0) is 38.7 Å². The molecule has 1 aliphatic rings. The van der Waals surface area contributed by atoms with Crippen molar-refractivity contribution >= 4 is 44.1 Å². The third-order valence-electron chi connectivity index (χ3n) is 4.90. The van der Waals surface area contributed by atoms with E-state index >= 15 is 0 Å². The molecule has 0 saturated heterocycles. The van der Waals surface area contributed by atoms with Gasteiger partial charge in [0.25, 0.3) is 0 Å². The van der Waals surface area contributed by atoms with Crippen LogP contribution in [0.15, 0.2) is 0 Å². The predicted octanol–water partition coefficient (Wildman–Crippen LogP) is 3.59. The van der Waals surface area contributed by atoms with Crippen LogP contribution in [0.4, 0.5) is 5.82 Å². The van der Waals surface area contributed by atoms with Crippen LogP contribution < -0.4 is 5.32 Å². The largest absolute Gasteiger partial charge is 0.465 e. The second-order valence-corrected chi connectivity index (χ2v) is 9.65. The van der Waals surface area contributed by atoms with E-state index in [0.29, 0.717) is 16.5 Å². The summed E-state index contributed by atoms with van der Waals surface area (Å²) in [5.41, 5.74) is 0.851. The van der Waals surface area contributed by atoms with Crippen LogP contribution in [0.1, 0.15) is 53.7 Å². The summed E-state index contributed by atoms with van der Waals surface area (Å²) in [5, 5.41) is 4.69. The maximum atomic E-state index is 12.2.